The number of thiophene rings is 1. The summed E-state index contributed by atoms with van der Waals surface area (Å²) in [5.74, 6) is -1.16. The Hall–Kier alpha value is -4.91. The van der Waals surface area contributed by atoms with Gasteiger partial charge in [0.2, 0.25) is 0 Å². The Labute approximate surface area is 267 Å². The van der Waals surface area contributed by atoms with Crippen molar-refractivity contribution in [1.82, 2.24) is 5.43 Å². The molecule has 0 bridgehead atoms. The zero-order valence-electron chi connectivity index (χ0n) is 22.5. The van der Waals surface area contributed by atoms with Gasteiger partial charge in [-0.25, -0.2) is 5.43 Å². The van der Waals surface area contributed by atoms with E-state index in [9.17, 15) is 24.5 Å². The normalized spacial score (nSPS) is 11.0. The number of anilines is 1. The molecule has 10 nitrogen and oxygen atoms in total. The molecule has 2 amide bonds. The molecule has 0 saturated heterocycles. The standard InChI is InChI=1S/C31H20BrClN4O6S/c32-21-8-13-25(43-27(38)14-18-4-2-1-3-5-18)20(15-21)17-34-36-30(39)19-6-9-22(10-7-19)35-31(40)29-28(33)24-12-11-23(37(41)42)16-26(24)44-29/h1-13,15-17H,14H2,(H,35,40)(H,36,39)/b34-17-. The number of carbonyl (C=O) groups excluding carboxylic acids is 3. The Bertz CT molecular complexity index is 1930. The van der Waals surface area contributed by atoms with E-state index < -0.39 is 22.7 Å². The average Bonchev–Trinajstić information content (AvgIpc) is 3.35. The minimum absolute atomic E-state index is 0.0973. The summed E-state index contributed by atoms with van der Waals surface area (Å²) in [6.07, 6.45) is 1.47. The molecule has 0 saturated carbocycles. The fourth-order valence-corrected chi connectivity index (χ4v) is 5.89. The number of hydrogen-bond donors (Lipinski definition) is 2. The van der Waals surface area contributed by atoms with Crippen LogP contribution in [0.1, 0.15) is 31.2 Å². The lowest BCUT2D eigenvalue weighted by Gasteiger charge is -2.08. The first-order valence-corrected chi connectivity index (χ1v) is 14.8. The van der Waals surface area contributed by atoms with E-state index in [1.165, 1.54) is 36.5 Å². The van der Waals surface area contributed by atoms with Crippen molar-refractivity contribution < 1.29 is 24.0 Å². The van der Waals surface area contributed by atoms with Crippen molar-refractivity contribution in [2.75, 3.05) is 5.32 Å². The van der Waals surface area contributed by atoms with E-state index in [0.717, 1.165) is 21.4 Å². The number of hydrogen-bond acceptors (Lipinski definition) is 8. The number of nitrogens with zero attached hydrogens (tertiary/aromatic N) is 2. The molecule has 0 unspecified atom stereocenters. The summed E-state index contributed by atoms with van der Waals surface area (Å²) in [5.41, 5.74) is 4.30. The molecule has 0 fully saturated rings. The smallest absolute Gasteiger partial charge is 0.315 e. The summed E-state index contributed by atoms with van der Waals surface area (Å²) in [7, 11) is 0. The molecule has 13 heteroatoms. The topological polar surface area (TPSA) is 140 Å². The van der Waals surface area contributed by atoms with E-state index in [0.29, 0.717) is 21.3 Å². The van der Waals surface area contributed by atoms with Gasteiger partial charge in [0.05, 0.1) is 22.6 Å². The Balaban J connectivity index is 1.20. The van der Waals surface area contributed by atoms with Crippen LogP contribution in [-0.4, -0.2) is 28.9 Å². The highest BCUT2D eigenvalue weighted by Crippen LogP contribution is 2.37. The van der Waals surface area contributed by atoms with E-state index in [-0.39, 0.29) is 33.3 Å². The zero-order chi connectivity index (χ0) is 31.2. The molecule has 2 N–H and O–H groups in total. The molecule has 4 aromatic carbocycles. The number of nitro benzene ring substituents is 1. The number of nitro groups is 1. The van der Waals surface area contributed by atoms with Gasteiger partial charge in [-0.15, -0.1) is 11.3 Å². The van der Waals surface area contributed by atoms with Crippen LogP contribution in [-0.2, 0) is 11.2 Å². The van der Waals surface area contributed by atoms with Gasteiger partial charge in [-0.1, -0.05) is 57.9 Å². The van der Waals surface area contributed by atoms with E-state index in [1.54, 1.807) is 30.3 Å². The van der Waals surface area contributed by atoms with Crippen molar-refractivity contribution >= 4 is 84.3 Å². The Morgan fingerprint density at radius 3 is 2.45 bits per heavy atom. The molecule has 0 aliphatic carbocycles. The quantitative estimate of drug-likeness (QED) is 0.0543. The number of amides is 2. The summed E-state index contributed by atoms with van der Waals surface area (Å²) in [4.78, 5) is 48.8. The third-order valence-corrected chi connectivity index (χ3v) is 8.34. The van der Waals surface area contributed by atoms with Crippen molar-refractivity contribution in [3.63, 3.8) is 0 Å². The Kier molecular flexibility index (Phi) is 9.44. The van der Waals surface area contributed by atoms with Crippen LogP contribution < -0.4 is 15.5 Å². The summed E-state index contributed by atoms with van der Waals surface area (Å²) >= 11 is 10.8. The number of hydrazone groups is 1. The van der Waals surface area contributed by atoms with Crippen LogP contribution in [0.4, 0.5) is 11.4 Å². The van der Waals surface area contributed by atoms with E-state index in [4.69, 9.17) is 16.3 Å². The second-order valence-corrected chi connectivity index (χ2v) is 11.6. The van der Waals surface area contributed by atoms with Crippen molar-refractivity contribution in [2.24, 2.45) is 5.10 Å². The summed E-state index contributed by atoms with van der Waals surface area (Å²) < 4.78 is 6.77. The summed E-state index contributed by atoms with van der Waals surface area (Å²) in [6.45, 7) is 0. The number of nitrogens with one attached hydrogen (secondary N) is 2. The molecule has 5 rings (SSSR count). The number of esters is 1. The third-order valence-electron chi connectivity index (χ3n) is 6.19. The first-order chi connectivity index (χ1) is 21.2. The maximum absolute atomic E-state index is 12.9. The maximum atomic E-state index is 12.9. The molecule has 44 heavy (non-hydrogen) atoms. The van der Waals surface area contributed by atoms with Gasteiger partial charge < -0.3 is 10.1 Å². The van der Waals surface area contributed by atoms with Gasteiger partial charge in [0.1, 0.15) is 10.6 Å². The van der Waals surface area contributed by atoms with Gasteiger partial charge >= 0.3 is 5.97 Å². The van der Waals surface area contributed by atoms with Crippen LogP contribution in [0.15, 0.2) is 101 Å². The van der Waals surface area contributed by atoms with Crippen molar-refractivity contribution in [3.8, 4) is 5.75 Å². The SMILES string of the molecule is O=C(Cc1ccccc1)Oc1ccc(Br)cc1/C=N\NC(=O)c1ccc(NC(=O)c2sc3cc([N+](=O)[O-])ccc3c2Cl)cc1. The van der Waals surface area contributed by atoms with Gasteiger partial charge in [-0.05, 0) is 54.1 Å². The molecule has 1 aromatic heterocycles. The number of ether oxygens (including phenoxy) is 1. The molecule has 0 atom stereocenters. The number of non-ortho nitro benzene ring substituents is 1. The first-order valence-electron chi connectivity index (χ1n) is 12.8. The number of rotatable bonds is 9. The Morgan fingerprint density at radius 1 is 0.977 bits per heavy atom. The molecule has 0 spiro atoms. The predicted octanol–water partition coefficient (Wildman–Crippen LogP) is 7.39. The van der Waals surface area contributed by atoms with Crippen LogP contribution in [0.5, 0.6) is 5.75 Å². The van der Waals surface area contributed by atoms with Crippen molar-refractivity contribution in [3.05, 3.63) is 132 Å². The second kappa shape index (κ2) is 13.6. The largest absolute Gasteiger partial charge is 0.426 e. The summed E-state index contributed by atoms with van der Waals surface area (Å²) in [6, 6.07) is 24.6. The minimum Gasteiger partial charge on any atom is -0.426 e. The highest BCUT2D eigenvalue weighted by atomic mass is 79.9. The van der Waals surface area contributed by atoms with Gasteiger partial charge in [-0.2, -0.15) is 5.10 Å². The monoisotopic (exact) mass is 690 g/mol. The van der Waals surface area contributed by atoms with Crippen LogP contribution in [0.3, 0.4) is 0 Å². The highest BCUT2D eigenvalue weighted by Gasteiger charge is 2.19. The molecule has 0 radical (unpaired) electrons. The van der Waals surface area contributed by atoms with Crippen LogP contribution in [0.25, 0.3) is 10.1 Å². The lowest BCUT2D eigenvalue weighted by atomic mass is 10.1. The number of carbonyl (C=O) groups is 3. The summed E-state index contributed by atoms with van der Waals surface area (Å²) in [5, 5.41) is 18.5. The Morgan fingerprint density at radius 2 is 1.73 bits per heavy atom. The number of halogens is 2. The maximum Gasteiger partial charge on any atom is 0.315 e. The zero-order valence-corrected chi connectivity index (χ0v) is 25.6. The molecular weight excluding hydrogens is 672 g/mol. The van der Waals surface area contributed by atoms with Gasteiger partial charge in [-0.3, -0.25) is 24.5 Å². The van der Waals surface area contributed by atoms with Gasteiger partial charge in [0.25, 0.3) is 17.5 Å². The van der Waals surface area contributed by atoms with Crippen molar-refractivity contribution in [2.45, 2.75) is 6.42 Å². The van der Waals surface area contributed by atoms with Crippen LogP contribution >= 0.6 is 38.9 Å². The van der Waals surface area contributed by atoms with Gasteiger partial charge in [0.15, 0.2) is 0 Å². The fraction of sp³-hybridized carbons (Fsp3) is 0.0323. The predicted molar refractivity (Wildman–Crippen MR) is 173 cm³/mol. The third kappa shape index (κ3) is 7.35. The van der Waals surface area contributed by atoms with Crippen LogP contribution in [0, 0.1) is 10.1 Å². The molecule has 1 heterocycles. The number of fused-ring (bicyclic) bond motifs is 1. The molecule has 0 aliphatic rings. The van der Waals surface area contributed by atoms with Crippen LogP contribution in [0.2, 0.25) is 5.02 Å². The first kappa shape index (κ1) is 30.5. The number of benzene rings is 4. The van der Waals surface area contributed by atoms with E-state index in [1.807, 2.05) is 30.3 Å². The average molecular weight is 692 g/mol. The fourth-order valence-electron chi connectivity index (χ4n) is 4.07. The molecule has 5 aromatic rings. The molecule has 0 aliphatic heterocycles. The minimum atomic E-state index is -0.515. The highest BCUT2D eigenvalue weighted by molar-refractivity contribution is 9.10. The second-order valence-electron chi connectivity index (χ2n) is 9.23. The van der Waals surface area contributed by atoms with E-state index >= 15 is 0 Å². The van der Waals surface area contributed by atoms with Crippen molar-refractivity contribution in [1.29, 1.82) is 0 Å². The van der Waals surface area contributed by atoms with Gasteiger partial charge in [0, 0.05) is 43.5 Å². The molecule has 220 valence electrons. The molecular formula is C31H20BrClN4O6S. The lowest BCUT2D eigenvalue weighted by molar-refractivity contribution is -0.384. The van der Waals surface area contributed by atoms with E-state index in [2.05, 4.69) is 31.8 Å². The lowest BCUT2D eigenvalue weighted by Crippen LogP contribution is -2.18.